The van der Waals surface area contributed by atoms with E-state index >= 15 is 0 Å². The largest absolute Gasteiger partial charge is 0.350 e. The van der Waals surface area contributed by atoms with Gasteiger partial charge in [0.1, 0.15) is 6.04 Å². The van der Waals surface area contributed by atoms with Crippen molar-refractivity contribution in [3.05, 3.63) is 65.2 Å². The summed E-state index contributed by atoms with van der Waals surface area (Å²) in [6, 6.07) is 16.2. The molecule has 2 aromatic rings. The minimum absolute atomic E-state index is 0.0194. The Bertz CT molecular complexity index is 718. The second-order valence-electron chi connectivity index (χ2n) is 5.46. The van der Waals surface area contributed by atoms with Crippen LogP contribution in [0.1, 0.15) is 18.4 Å². The van der Waals surface area contributed by atoms with Crippen LogP contribution in [0.5, 0.6) is 0 Å². The predicted octanol–water partition coefficient (Wildman–Crippen LogP) is 3.15. The first-order chi connectivity index (χ1) is 11.2. The van der Waals surface area contributed by atoms with Crippen LogP contribution < -0.4 is 10.2 Å². The van der Waals surface area contributed by atoms with E-state index in [2.05, 4.69) is 5.32 Å². The van der Waals surface area contributed by atoms with Gasteiger partial charge in [-0.25, -0.2) is 0 Å². The molecule has 1 atom stereocenters. The quantitative estimate of drug-likeness (QED) is 0.937. The van der Waals surface area contributed by atoms with Crippen molar-refractivity contribution in [3.63, 3.8) is 0 Å². The van der Waals surface area contributed by atoms with E-state index in [-0.39, 0.29) is 11.8 Å². The number of carbonyl (C=O) groups excluding carboxylic acids is 2. The fourth-order valence-corrected chi connectivity index (χ4v) is 2.99. The number of para-hydroxylation sites is 1. The number of nitrogens with zero attached hydrogens (tertiary/aromatic N) is 1. The molecule has 0 radical (unpaired) electrons. The third-order valence-corrected chi connectivity index (χ3v) is 4.33. The Balaban J connectivity index is 1.71. The highest BCUT2D eigenvalue weighted by Gasteiger charge is 2.36. The minimum atomic E-state index is -0.465. The van der Waals surface area contributed by atoms with E-state index in [1.54, 1.807) is 11.0 Å². The summed E-state index contributed by atoms with van der Waals surface area (Å²) in [7, 11) is 0. The molecular formula is C18H17ClN2O2. The molecule has 0 bridgehead atoms. The fraction of sp³-hybridized carbons (Fsp3) is 0.222. The second-order valence-corrected chi connectivity index (χ2v) is 5.87. The van der Waals surface area contributed by atoms with Gasteiger partial charge in [-0.3, -0.25) is 14.5 Å². The number of anilines is 1. The zero-order chi connectivity index (χ0) is 16.2. The lowest BCUT2D eigenvalue weighted by Gasteiger charge is -2.24. The third-order valence-electron chi connectivity index (χ3n) is 3.96. The van der Waals surface area contributed by atoms with Crippen LogP contribution in [0.2, 0.25) is 5.02 Å². The molecular weight excluding hydrogens is 312 g/mol. The molecule has 4 nitrogen and oxygen atoms in total. The van der Waals surface area contributed by atoms with Gasteiger partial charge in [-0.2, -0.15) is 0 Å². The van der Waals surface area contributed by atoms with E-state index in [9.17, 15) is 9.59 Å². The van der Waals surface area contributed by atoms with Crippen LogP contribution in [0.25, 0.3) is 0 Å². The Morgan fingerprint density at radius 3 is 2.57 bits per heavy atom. The molecule has 2 aromatic carbocycles. The summed E-state index contributed by atoms with van der Waals surface area (Å²) in [5.74, 6) is -0.172. The number of rotatable bonds is 4. The van der Waals surface area contributed by atoms with Crippen molar-refractivity contribution < 1.29 is 9.59 Å². The molecule has 2 amide bonds. The number of benzene rings is 2. The van der Waals surface area contributed by atoms with Gasteiger partial charge in [0.2, 0.25) is 11.8 Å². The highest BCUT2D eigenvalue weighted by Crippen LogP contribution is 2.26. The van der Waals surface area contributed by atoms with Gasteiger partial charge in [0.05, 0.1) is 0 Å². The monoisotopic (exact) mass is 328 g/mol. The van der Waals surface area contributed by atoms with Gasteiger partial charge in [-0.05, 0) is 30.2 Å². The molecule has 1 fully saturated rings. The molecule has 0 aromatic heterocycles. The minimum Gasteiger partial charge on any atom is -0.350 e. The molecule has 1 unspecified atom stereocenters. The summed E-state index contributed by atoms with van der Waals surface area (Å²) < 4.78 is 0. The molecule has 1 N–H and O–H groups in total. The topological polar surface area (TPSA) is 49.4 Å². The maximum absolute atomic E-state index is 12.5. The van der Waals surface area contributed by atoms with Gasteiger partial charge < -0.3 is 5.32 Å². The number of hydrogen-bond acceptors (Lipinski definition) is 2. The van der Waals surface area contributed by atoms with E-state index in [4.69, 9.17) is 11.6 Å². The number of halogens is 1. The Hall–Kier alpha value is -2.33. The average Bonchev–Trinajstić information content (AvgIpc) is 2.96. The maximum atomic E-state index is 12.5. The molecule has 23 heavy (non-hydrogen) atoms. The summed E-state index contributed by atoms with van der Waals surface area (Å²) >= 11 is 6.10. The fourth-order valence-electron chi connectivity index (χ4n) is 2.79. The number of nitrogens with one attached hydrogen (secondary N) is 1. The Morgan fingerprint density at radius 1 is 1.13 bits per heavy atom. The zero-order valence-electron chi connectivity index (χ0n) is 12.5. The van der Waals surface area contributed by atoms with Crippen molar-refractivity contribution in [2.75, 3.05) is 4.90 Å². The second kappa shape index (κ2) is 6.84. The zero-order valence-corrected chi connectivity index (χ0v) is 13.3. The van der Waals surface area contributed by atoms with E-state index in [0.717, 1.165) is 11.3 Å². The van der Waals surface area contributed by atoms with Crippen molar-refractivity contribution in [2.24, 2.45) is 0 Å². The van der Waals surface area contributed by atoms with Crippen LogP contribution in [0, 0.1) is 0 Å². The summed E-state index contributed by atoms with van der Waals surface area (Å²) in [4.78, 5) is 26.2. The molecule has 0 aliphatic carbocycles. The number of carbonyl (C=O) groups is 2. The van der Waals surface area contributed by atoms with Crippen molar-refractivity contribution in [2.45, 2.75) is 25.4 Å². The SMILES string of the molecule is O=C(NCc1ccccc1Cl)C1CCC(=O)N1c1ccccc1. The smallest absolute Gasteiger partial charge is 0.243 e. The normalized spacial score (nSPS) is 17.3. The van der Waals surface area contributed by atoms with E-state index in [1.165, 1.54) is 0 Å². The third kappa shape index (κ3) is 3.37. The lowest BCUT2D eigenvalue weighted by molar-refractivity contribution is -0.124. The first-order valence-corrected chi connectivity index (χ1v) is 7.93. The van der Waals surface area contributed by atoms with Crippen molar-refractivity contribution in [3.8, 4) is 0 Å². The molecule has 1 saturated heterocycles. The van der Waals surface area contributed by atoms with Gasteiger partial charge in [-0.1, -0.05) is 48.0 Å². The van der Waals surface area contributed by atoms with Crippen LogP contribution in [-0.4, -0.2) is 17.9 Å². The van der Waals surface area contributed by atoms with Crippen molar-refractivity contribution in [1.29, 1.82) is 0 Å². The van der Waals surface area contributed by atoms with Gasteiger partial charge in [0.25, 0.3) is 0 Å². The Morgan fingerprint density at radius 2 is 1.83 bits per heavy atom. The predicted molar refractivity (Wildman–Crippen MR) is 90.2 cm³/mol. The summed E-state index contributed by atoms with van der Waals surface area (Å²) in [6.45, 7) is 0.353. The summed E-state index contributed by atoms with van der Waals surface area (Å²) in [6.07, 6.45) is 0.918. The van der Waals surface area contributed by atoms with Crippen LogP contribution >= 0.6 is 11.6 Å². The lowest BCUT2D eigenvalue weighted by atomic mass is 10.1. The van der Waals surface area contributed by atoms with E-state index in [1.807, 2.05) is 48.5 Å². The lowest BCUT2D eigenvalue weighted by Crippen LogP contribution is -2.44. The van der Waals surface area contributed by atoms with Crippen LogP contribution in [0.15, 0.2) is 54.6 Å². The molecule has 0 spiro atoms. The Kier molecular flexibility index (Phi) is 4.63. The van der Waals surface area contributed by atoms with E-state index in [0.29, 0.717) is 24.4 Å². The van der Waals surface area contributed by atoms with Crippen molar-refractivity contribution >= 4 is 29.1 Å². The molecule has 5 heteroatoms. The number of hydrogen-bond donors (Lipinski definition) is 1. The highest BCUT2D eigenvalue weighted by molar-refractivity contribution is 6.31. The van der Waals surface area contributed by atoms with Gasteiger partial charge in [-0.15, -0.1) is 0 Å². The molecule has 1 aliphatic heterocycles. The number of amides is 2. The molecule has 1 aliphatic rings. The first kappa shape index (κ1) is 15.6. The van der Waals surface area contributed by atoms with Crippen LogP contribution in [-0.2, 0) is 16.1 Å². The van der Waals surface area contributed by atoms with Crippen LogP contribution in [0.4, 0.5) is 5.69 Å². The van der Waals surface area contributed by atoms with Crippen molar-refractivity contribution in [1.82, 2.24) is 5.32 Å². The first-order valence-electron chi connectivity index (χ1n) is 7.55. The molecule has 118 valence electrons. The molecule has 1 heterocycles. The Labute approximate surface area is 140 Å². The van der Waals surface area contributed by atoms with E-state index < -0.39 is 6.04 Å². The van der Waals surface area contributed by atoms with Gasteiger partial charge in [0.15, 0.2) is 0 Å². The average molecular weight is 329 g/mol. The molecule has 0 saturated carbocycles. The summed E-state index contributed by atoms with van der Waals surface area (Å²) in [5, 5.41) is 3.51. The standard InChI is InChI=1S/C18H17ClN2O2/c19-15-9-5-4-6-13(15)12-20-18(23)16-10-11-17(22)21(16)14-7-2-1-3-8-14/h1-9,16H,10-12H2,(H,20,23). The molecule has 3 rings (SSSR count). The highest BCUT2D eigenvalue weighted by atomic mass is 35.5. The van der Waals surface area contributed by atoms with Gasteiger partial charge >= 0.3 is 0 Å². The maximum Gasteiger partial charge on any atom is 0.243 e. The van der Waals surface area contributed by atoms with Crippen LogP contribution in [0.3, 0.4) is 0 Å². The summed E-state index contributed by atoms with van der Waals surface area (Å²) in [5.41, 5.74) is 1.62. The van der Waals surface area contributed by atoms with Gasteiger partial charge in [0, 0.05) is 23.7 Å².